The van der Waals surface area contributed by atoms with E-state index in [0.717, 1.165) is 18.4 Å². The van der Waals surface area contributed by atoms with Gasteiger partial charge in [-0.05, 0) is 38.7 Å². The number of aldehydes is 1. The topological polar surface area (TPSA) is 20.3 Å². The fourth-order valence-electron chi connectivity index (χ4n) is 3.24. The molecule has 19 heavy (non-hydrogen) atoms. The summed E-state index contributed by atoms with van der Waals surface area (Å²) in [7, 11) is 0. The van der Waals surface area contributed by atoms with Gasteiger partial charge in [-0.25, -0.2) is 0 Å². The molecule has 0 saturated carbocycles. The Hall–Kier alpha value is -1.15. The van der Waals surface area contributed by atoms with Gasteiger partial charge in [0, 0.05) is 18.6 Å². The van der Waals surface area contributed by atoms with Crippen LogP contribution in [0.2, 0.25) is 0 Å². The lowest BCUT2D eigenvalue weighted by Gasteiger charge is -2.35. The molecule has 1 aliphatic rings. The standard InChI is InChI=1S/C17H25NO/c1-4-16-11-10-14(2)18(16)12-17(3,13-19)15-8-6-5-7-9-15/h5-9,13-14,16H,4,10-12H2,1-3H3. The molecule has 0 radical (unpaired) electrons. The second-order valence-electron chi connectivity index (χ2n) is 6.06. The van der Waals surface area contributed by atoms with Crippen LogP contribution in [0.25, 0.3) is 0 Å². The van der Waals surface area contributed by atoms with E-state index in [0.29, 0.717) is 12.1 Å². The van der Waals surface area contributed by atoms with Gasteiger partial charge in [-0.2, -0.15) is 0 Å². The summed E-state index contributed by atoms with van der Waals surface area (Å²) in [4.78, 5) is 14.2. The highest BCUT2D eigenvalue weighted by Gasteiger charge is 2.36. The molecule has 0 spiro atoms. The van der Waals surface area contributed by atoms with Crippen molar-refractivity contribution in [3.05, 3.63) is 35.9 Å². The number of benzene rings is 1. The molecule has 1 fully saturated rings. The van der Waals surface area contributed by atoms with Crippen LogP contribution in [-0.2, 0) is 10.2 Å². The van der Waals surface area contributed by atoms with Gasteiger partial charge in [0.1, 0.15) is 6.29 Å². The Morgan fingerprint density at radius 3 is 2.58 bits per heavy atom. The van der Waals surface area contributed by atoms with Crippen LogP contribution in [0, 0.1) is 0 Å². The van der Waals surface area contributed by atoms with E-state index >= 15 is 0 Å². The predicted octanol–water partition coefficient (Wildman–Crippen LogP) is 3.41. The molecule has 3 unspecified atom stereocenters. The normalized spacial score (nSPS) is 27.1. The van der Waals surface area contributed by atoms with Crippen molar-refractivity contribution < 1.29 is 4.79 Å². The Balaban J connectivity index is 2.21. The van der Waals surface area contributed by atoms with E-state index in [1.807, 2.05) is 18.2 Å². The zero-order valence-electron chi connectivity index (χ0n) is 12.3. The fraction of sp³-hybridized carbons (Fsp3) is 0.588. The highest BCUT2D eigenvalue weighted by molar-refractivity contribution is 5.68. The Labute approximate surface area is 116 Å². The summed E-state index contributed by atoms with van der Waals surface area (Å²) >= 11 is 0. The Morgan fingerprint density at radius 2 is 2.00 bits per heavy atom. The first-order valence-corrected chi connectivity index (χ1v) is 7.38. The van der Waals surface area contributed by atoms with Crippen molar-refractivity contribution >= 4 is 6.29 Å². The van der Waals surface area contributed by atoms with Crippen molar-refractivity contribution in [3.63, 3.8) is 0 Å². The molecule has 1 aliphatic heterocycles. The monoisotopic (exact) mass is 259 g/mol. The molecule has 3 atom stereocenters. The minimum Gasteiger partial charge on any atom is -0.302 e. The number of hydrogen-bond acceptors (Lipinski definition) is 2. The van der Waals surface area contributed by atoms with E-state index in [4.69, 9.17) is 0 Å². The van der Waals surface area contributed by atoms with E-state index in [1.54, 1.807) is 0 Å². The van der Waals surface area contributed by atoms with Crippen LogP contribution >= 0.6 is 0 Å². The summed E-state index contributed by atoms with van der Waals surface area (Å²) in [5.74, 6) is 0. The molecule has 0 aliphatic carbocycles. The van der Waals surface area contributed by atoms with Crippen molar-refractivity contribution in [1.29, 1.82) is 0 Å². The summed E-state index contributed by atoms with van der Waals surface area (Å²) in [5.41, 5.74) is 0.728. The lowest BCUT2D eigenvalue weighted by Crippen LogP contribution is -2.45. The van der Waals surface area contributed by atoms with Crippen molar-refractivity contribution in [2.24, 2.45) is 0 Å². The number of hydrogen-bond donors (Lipinski definition) is 0. The van der Waals surface area contributed by atoms with E-state index in [1.165, 1.54) is 19.3 Å². The zero-order chi connectivity index (χ0) is 13.9. The van der Waals surface area contributed by atoms with Crippen molar-refractivity contribution in [2.45, 2.75) is 57.5 Å². The number of carbonyl (C=O) groups excluding carboxylic acids is 1. The van der Waals surface area contributed by atoms with Gasteiger partial charge >= 0.3 is 0 Å². The Bertz CT molecular complexity index is 417. The van der Waals surface area contributed by atoms with Crippen LogP contribution < -0.4 is 0 Å². The quantitative estimate of drug-likeness (QED) is 0.755. The van der Waals surface area contributed by atoms with Gasteiger partial charge in [0.25, 0.3) is 0 Å². The molecule has 104 valence electrons. The number of carbonyl (C=O) groups is 1. The van der Waals surface area contributed by atoms with Gasteiger partial charge in [0.05, 0.1) is 5.41 Å². The fourth-order valence-corrected chi connectivity index (χ4v) is 3.24. The maximum atomic E-state index is 11.7. The van der Waals surface area contributed by atoms with Crippen molar-refractivity contribution in [3.8, 4) is 0 Å². The first-order valence-electron chi connectivity index (χ1n) is 7.38. The molecule has 1 saturated heterocycles. The molecule has 2 rings (SSSR count). The summed E-state index contributed by atoms with van der Waals surface area (Å²) in [6, 6.07) is 11.4. The summed E-state index contributed by atoms with van der Waals surface area (Å²) in [5, 5.41) is 0. The first kappa shape index (κ1) is 14.3. The maximum Gasteiger partial charge on any atom is 0.131 e. The predicted molar refractivity (Wildman–Crippen MR) is 79.3 cm³/mol. The van der Waals surface area contributed by atoms with Crippen LogP contribution in [0.4, 0.5) is 0 Å². The van der Waals surface area contributed by atoms with Crippen molar-refractivity contribution in [1.82, 2.24) is 4.90 Å². The number of rotatable bonds is 5. The zero-order valence-corrected chi connectivity index (χ0v) is 12.3. The third kappa shape index (κ3) is 2.89. The average Bonchev–Trinajstić information content (AvgIpc) is 2.80. The van der Waals surface area contributed by atoms with Crippen LogP contribution in [0.1, 0.15) is 45.6 Å². The molecular weight excluding hydrogens is 234 g/mol. The first-order chi connectivity index (χ1) is 9.10. The van der Waals surface area contributed by atoms with Crippen LogP contribution in [0.5, 0.6) is 0 Å². The average molecular weight is 259 g/mol. The summed E-state index contributed by atoms with van der Waals surface area (Å²) in [6.45, 7) is 7.43. The second-order valence-corrected chi connectivity index (χ2v) is 6.06. The molecule has 1 aromatic rings. The number of nitrogens with zero attached hydrogens (tertiary/aromatic N) is 1. The van der Waals surface area contributed by atoms with Crippen LogP contribution in [0.3, 0.4) is 0 Å². The van der Waals surface area contributed by atoms with E-state index in [2.05, 4.69) is 37.8 Å². The molecule has 2 nitrogen and oxygen atoms in total. The molecule has 0 bridgehead atoms. The largest absolute Gasteiger partial charge is 0.302 e. The van der Waals surface area contributed by atoms with E-state index in [-0.39, 0.29) is 0 Å². The highest BCUT2D eigenvalue weighted by Crippen LogP contribution is 2.31. The van der Waals surface area contributed by atoms with Gasteiger partial charge in [-0.3, -0.25) is 4.90 Å². The minimum absolute atomic E-state index is 0.396. The molecule has 1 aromatic carbocycles. The SMILES string of the molecule is CCC1CCC(C)N1CC(C)(C=O)c1ccccc1. The number of likely N-dealkylation sites (tertiary alicyclic amines) is 1. The Morgan fingerprint density at radius 1 is 1.32 bits per heavy atom. The van der Waals surface area contributed by atoms with Gasteiger partial charge < -0.3 is 4.79 Å². The van der Waals surface area contributed by atoms with Crippen LogP contribution in [0.15, 0.2) is 30.3 Å². The van der Waals surface area contributed by atoms with Crippen molar-refractivity contribution in [2.75, 3.05) is 6.54 Å². The molecular formula is C17H25NO. The lowest BCUT2D eigenvalue weighted by molar-refractivity contribution is -0.113. The molecule has 0 N–H and O–H groups in total. The van der Waals surface area contributed by atoms with Gasteiger partial charge in [-0.15, -0.1) is 0 Å². The Kier molecular flexibility index (Phi) is 4.41. The van der Waals surface area contributed by atoms with Gasteiger partial charge in [-0.1, -0.05) is 37.3 Å². The van der Waals surface area contributed by atoms with E-state index < -0.39 is 5.41 Å². The molecule has 0 aromatic heterocycles. The molecule has 1 heterocycles. The van der Waals surface area contributed by atoms with Gasteiger partial charge in [0.15, 0.2) is 0 Å². The third-order valence-corrected chi connectivity index (χ3v) is 4.63. The van der Waals surface area contributed by atoms with Crippen LogP contribution in [-0.4, -0.2) is 29.8 Å². The summed E-state index contributed by atoms with van der Waals surface area (Å²) < 4.78 is 0. The second kappa shape index (κ2) is 5.87. The smallest absolute Gasteiger partial charge is 0.131 e. The lowest BCUT2D eigenvalue weighted by atomic mass is 9.83. The third-order valence-electron chi connectivity index (χ3n) is 4.63. The highest BCUT2D eigenvalue weighted by atomic mass is 16.1. The van der Waals surface area contributed by atoms with E-state index in [9.17, 15) is 4.79 Å². The molecule has 0 amide bonds. The van der Waals surface area contributed by atoms with Gasteiger partial charge in [0.2, 0.25) is 0 Å². The molecule has 2 heteroatoms. The minimum atomic E-state index is -0.396. The summed E-state index contributed by atoms with van der Waals surface area (Å²) in [6.07, 6.45) is 4.82. The maximum absolute atomic E-state index is 11.7.